The predicted octanol–water partition coefficient (Wildman–Crippen LogP) is 2.11. The van der Waals surface area contributed by atoms with Crippen molar-refractivity contribution >= 4 is 0 Å². The van der Waals surface area contributed by atoms with Gasteiger partial charge in [-0.15, -0.1) is 0 Å². The molecule has 2 saturated carbocycles. The number of hydrogen-bond donors (Lipinski definition) is 1. The molecule has 2 fully saturated rings. The molecule has 2 rings (SSSR count). The van der Waals surface area contributed by atoms with Crippen LogP contribution in [0.2, 0.25) is 0 Å². The van der Waals surface area contributed by atoms with Gasteiger partial charge in [0.25, 0.3) is 0 Å². The van der Waals surface area contributed by atoms with Crippen LogP contribution >= 0.6 is 0 Å². The first kappa shape index (κ1) is 9.47. The fourth-order valence-electron chi connectivity index (χ4n) is 2.70. The van der Waals surface area contributed by atoms with Crippen molar-refractivity contribution in [2.75, 3.05) is 13.2 Å². The molecule has 0 bridgehead atoms. The highest BCUT2D eigenvalue weighted by Crippen LogP contribution is 2.54. The molecule has 0 amide bonds. The highest BCUT2D eigenvalue weighted by molar-refractivity contribution is 5.05. The summed E-state index contributed by atoms with van der Waals surface area (Å²) < 4.78 is 5.78. The summed E-state index contributed by atoms with van der Waals surface area (Å²) >= 11 is 0. The zero-order chi connectivity index (χ0) is 9.15. The highest BCUT2D eigenvalue weighted by atomic mass is 16.5. The molecule has 13 heavy (non-hydrogen) atoms. The van der Waals surface area contributed by atoms with Gasteiger partial charge in [0, 0.05) is 0 Å². The average molecular weight is 184 g/mol. The Balaban J connectivity index is 1.83. The summed E-state index contributed by atoms with van der Waals surface area (Å²) in [5, 5.41) is 8.73. The van der Waals surface area contributed by atoms with Crippen LogP contribution in [-0.2, 0) is 4.74 Å². The molecule has 0 saturated heterocycles. The monoisotopic (exact) mass is 184 g/mol. The van der Waals surface area contributed by atoms with Gasteiger partial charge in [0.15, 0.2) is 0 Å². The van der Waals surface area contributed by atoms with Gasteiger partial charge in [-0.2, -0.15) is 0 Å². The second-order valence-electron chi connectivity index (χ2n) is 4.49. The maximum atomic E-state index is 8.73. The summed E-state index contributed by atoms with van der Waals surface area (Å²) in [4.78, 5) is 0. The minimum absolute atomic E-state index is 0.175. The number of ether oxygens (including phenoxy) is 1. The Bertz CT molecular complexity index is 165. The minimum Gasteiger partial charge on any atom is -0.394 e. The van der Waals surface area contributed by atoms with E-state index < -0.39 is 0 Å². The van der Waals surface area contributed by atoms with Crippen molar-refractivity contribution in [1.82, 2.24) is 0 Å². The fraction of sp³-hybridized carbons (Fsp3) is 1.00. The van der Waals surface area contributed by atoms with Crippen molar-refractivity contribution in [2.45, 2.75) is 50.5 Å². The molecule has 2 aliphatic carbocycles. The maximum Gasteiger partial charge on any atom is 0.0716 e. The van der Waals surface area contributed by atoms with Crippen LogP contribution in [0.5, 0.6) is 0 Å². The average Bonchev–Trinajstić information content (AvgIpc) is 2.76. The lowest BCUT2D eigenvalue weighted by molar-refractivity contribution is -0.00870. The first-order valence-electron chi connectivity index (χ1n) is 5.62. The van der Waals surface area contributed by atoms with E-state index in [1.165, 1.54) is 44.9 Å². The van der Waals surface area contributed by atoms with Crippen LogP contribution in [-0.4, -0.2) is 23.9 Å². The Labute approximate surface area is 80.3 Å². The summed E-state index contributed by atoms with van der Waals surface area (Å²) in [5.41, 5.74) is 0.211. The van der Waals surface area contributed by atoms with E-state index >= 15 is 0 Å². The van der Waals surface area contributed by atoms with E-state index in [1.807, 2.05) is 0 Å². The predicted molar refractivity (Wildman–Crippen MR) is 51.6 cm³/mol. The lowest BCUT2D eigenvalue weighted by Gasteiger charge is -2.20. The van der Waals surface area contributed by atoms with Crippen molar-refractivity contribution in [1.29, 1.82) is 0 Å². The molecule has 0 radical (unpaired) electrons. The number of rotatable bonds is 3. The summed E-state index contributed by atoms with van der Waals surface area (Å²) in [7, 11) is 0. The molecular weight excluding hydrogens is 164 g/mol. The molecule has 0 aromatic heterocycles. The van der Waals surface area contributed by atoms with Crippen LogP contribution < -0.4 is 0 Å². The Morgan fingerprint density at radius 1 is 1.23 bits per heavy atom. The molecule has 0 spiro atoms. The Morgan fingerprint density at radius 2 is 2.08 bits per heavy atom. The van der Waals surface area contributed by atoms with Crippen LogP contribution in [0.15, 0.2) is 0 Å². The van der Waals surface area contributed by atoms with E-state index in [0.717, 1.165) is 5.92 Å². The molecule has 0 aromatic carbocycles. The molecule has 2 heteroatoms. The number of fused-ring (bicyclic) bond motifs is 1. The third-order valence-electron chi connectivity index (χ3n) is 3.56. The Kier molecular flexibility index (Phi) is 2.89. The van der Waals surface area contributed by atoms with E-state index in [9.17, 15) is 0 Å². The van der Waals surface area contributed by atoms with Gasteiger partial charge >= 0.3 is 0 Å². The lowest BCUT2D eigenvalue weighted by Crippen LogP contribution is -2.20. The first-order valence-corrected chi connectivity index (χ1v) is 5.62. The molecule has 0 heterocycles. The second kappa shape index (κ2) is 3.97. The standard InChI is InChI=1S/C11H20O2/c12-7-8-13-11-6-4-2-1-3-5-10(11)9-11/h10,12H,1-9H2. The largest absolute Gasteiger partial charge is 0.394 e. The van der Waals surface area contributed by atoms with Crippen LogP contribution in [0.4, 0.5) is 0 Å². The van der Waals surface area contributed by atoms with Gasteiger partial charge in [-0.25, -0.2) is 0 Å². The van der Waals surface area contributed by atoms with Gasteiger partial charge < -0.3 is 9.84 Å². The third-order valence-corrected chi connectivity index (χ3v) is 3.56. The molecule has 2 unspecified atom stereocenters. The molecule has 76 valence electrons. The quantitative estimate of drug-likeness (QED) is 0.728. The zero-order valence-corrected chi connectivity index (χ0v) is 8.30. The van der Waals surface area contributed by atoms with Crippen LogP contribution in [0.3, 0.4) is 0 Å². The van der Waals surface area contributed by atoms with Gasteiger partial charge in [0.2, 0.25) is 0 Å². The summed E-state index contributed by atoms with van der Waals surface area (Å²) in [5.74, 6) is 0.819. The third kappa shape index (κ3) is 2.05. The van der Waals surface area contributed by atoms with Crippen molar-refractivity contribution in [3.8, 4) is 0 Å². The molecular formula is C11H20O2. The summed E-state index contributed by atoms with van der Waals surface area (Å²) in [6.07, 6.45) is 9.33. The van der Waals surface area contributed by atoms with Crippen molar-refractivity contribution in [3.63, 3.8) is 0 Å². The minimum atomic E-state index is 0.175. The first-order chi connectivity index (χ1) is 6.37. The number of hydrogen-bond acceptors (Lipinski definition) is 2. The summed E-state index contributed by atoms with van der Waals surface area (Å²) in [6.45, 7) is 0.713. The molecule has 0 aromatic rings. The Morgan fingerprint density at radius 3 is 2.92 bits per heavy atom. The molecule has 1 N–H and O–H groups in total. The van der Waals surface area contributed by atoms with Gasteiger partial charge in [-0.3, -0.25) is 0 Å². The van der Waals surface area contributed by atoms with Crippen molar-refractivity contribution in [2.24, 2.45) is 5.92 Å². The van der Waals surface area contributed by atoms with Gasteiger partial charge in [-0.1, -0.05) is 25.7 Å². The molecule has 0 aliphatic heterocycles. The lowest BCUT2D eigenvalue weighted by atomic mass is 9.98. The second-order valence-corrected chi connectivity index (χ2v) is 4.49. The van der Waals surface area contributed by atoms with Gasteiger partial charge in [-0.05, 0) is 25.2 Å². The van der Waals surface area contributed by atoms with E-state index in [1.54, 1.807) is 0 Å². The van der Waals surface area contributed by atoms with Crippen molar-refractivity contribution in [3.05, 3.63) is 0 Å². The SMILES string of the molecule is OCCOC12CCCCCCC1C2. The van der Waals surface area contributed by atoms with Crippen LogP contribution in [0.25, 0.3) is 0 Å². The van der Waals surface area contributed by atoms with E-state index in [-0.39, 0.29) is 12.2 Å². The van der Waals surface area contributed by atoms with E-state index in [2.05, 4.69) is 0 Å². The topological polar surface area (TPSA) is 29.5 Å². The smallest absolute Gasteiger partial charge is 0.0716 e. The van der Waals surface area contributed by atoms with Crippen LogP contribution in [0.1, 0.15) is 44.9 Å². The fourth-order valence-corrected chi connectivity index (χ4v) is 2.70. The summed E-state index contributed by atoms with van der Waals surface area (Å²) in [6, 6.07) is 0. The van der Waals surface area contributed by atoms with E-state index in [0.29, 0.717) is 6.61 Å². The maximum absolute atomic E-state index is 8.73. The van der Waals surface area contributed by atoms with Crippen LogP contribution in [0, 0.1) is 5.92 Å². The molecule has 2 atom stereocenters. The van der Waals surface area contributed by atoms with Gasteiger partial charge in [0.05, 0.1) is 18.8 Å². The van der Waals surface area contributed by atoms with Gasteiger partial charge in [0.1, 0.15) is 0 Å². The molecule has 2 aliphatic rings. The number of aliphatic hydroxyl groups excluding tert-OH is 1. The number of aliphatic hydroxyl groups is 1. The zero-order valence-electron chi connectivity index (χ0n) is 8.30. The molecule has 2 nitrogen and oxygen atoms in total. The Hall–Kier alpha value is -0.0800. The van der Waals surface area contributed by atoms with Crippen molar-refractivity contribution < 1.29 is 9.84 Å². The highest BCUT2D eigenvalue weighted by Gasteiger charge is 2.54. The normalized spacial score (nSPS) is 39.0. The van der Waals surface area contributed by atoms with E-state index in [4.69, 9.17) is 9.84 Å².